The van der Waals surface area contributed by atoms with Crippen LogP contribution in [0.15, 0.2) is 0 Å². The van der Waals surface area contributed by atoms with Gasteiger partial charge in [0.1, 0.15) is 0 Å². The Balaban J connectivity index is 0. The number of hydrogen-bond acceptors (Lipinski definition) is 4. The number of phosphoric acid groups is 2. The summed E-state index contributed by atoms with van der Waals surface area (Å²) in [5, 5.41) is 0. The third-order valence-electron chi connectivity index (χ3n) is 3.26. The van der Waals surface area contributed by atoms with Crippen molar-refractivity contribution in [3.63, 3.8) is 0 Å². The third-order valence-corrected chi connectivity index (χ3v) is 4.30. The van der Waals surface area contributed by atoms with Gasteiger partial charge in [0.2, 0.25) is 0 Å². The average molecular weight is 406 g/mol. The molecule has 0 radical (unpaired) electrons. The van der Waals surface area contributed by atoms with Gasteiger partial charge in [-0.25, -0.2) is 9.13 Å². The molecule has 0 spiro atoms. The first kappa shape index (κ1) is 27.4. The van der Waals surface area contributed by atoms with Crippen molar-refractivity contribution in [2.45, 2.75) is 84.5 Å². The first-order chi connectivity index (χ1) is 11.6. The number of rotatable bonds is 15. The molecule has 0 aromatic rings. The standard InChI is InChI=1S/C8H19O4P.C7H17O4P/c1-2-3-4-5-6-7-8-12-13(9,10)11;1-2-3-4-5-6-7-11-12(8,9)10/h2-8H2,1H3,(H2,9,10,11);2-7H2,1H3,(H2,8,9,10). The second-order valence-corrected chi connectivity index (χ2v) is 8.31. The second kappa shape index (κ2) is 17.6. The van der Waals surface area contributed by atoms with Crippen molar-refractivity contribution in [3.05, 3.63) is 0 Å². The summed E-state index contributed by atoms with van der Waals surface area (Å²) in [6.45, 7) is 4.59. The number of unbranched alkanes of at least 4 members (excludes halogenated alkanes) is 9. The van der Waals surface area contributed by atoms with Crippen LogP contribution in [0.25, 0.3) is 0 Å². The molecule has 0 amide bonds. The summed E-state index contributed by atoms with van der Waals surface area (Å²) < 4.78 is 29.0. The van der Waals surface area contributed by atoms with E-state index in [4.69, 9.17) is 19.6 Å². The van der Waals surface area contributed by atoms with Gasteiger partial charge in [-0.05, 0) is 12.8 Å². The van der Waals surface area contributed by atoms with Crippen molar-refractivity contribution < 1.29 is 37.8 Å². The molecule has 0 rings (SSSR count). The minimum atomic E-state index is -4.23. The zero-order valence-corrected chi connectivity index (χ0v) is 17.3. The summed E-state index contributed by atoms with van der Waals surface area (Å²) in [5.74, 6) is 0. The van der Waals surface area contributed by atoms with E-state index in [1.165, 1.54) is 32.1 Å². The van der Waals surface area contributed by atoms with E-state index in [1.807, 2.05) is 0 Å². The van der Waals surface area contributed by atoms with Gasteiger partial charge in [-0.1, -0.05) is 71.6 Å². The van der Waals surface area contributed by atoms with Crippen LogP contribution in [-0.2, 0) is 18.2 Å². The summed E-state index contributed by atoms with van der Waals surface area (Å²) in [5.41, 5.74) is 0. The van der Waals surface area contributed by atoms with Crippen LogP contribution in [0.1, 0.15) is 84.5 Å². The summed E-state index contributed by atoms with van der Waals surface area (Å²) in [7, 11) is -8.45. The van der Waals surface area contributed by atoms with E-state index in [-0.39, 0.29) is 13.2 Å². The van der Waals surface area contributed by atoms with E-state index >= 15 is 0 Å². The lowest BCUT2D eigenvalue weighted by molar-refractivity contribution is 0.191. The molecule has 0 heterocycles. The minimum Gasteiger partial charge on any atom is -0.303 e. The molecule has 8 nitrogen and oxygen atoms in total. The van der Waals surface area contributed by atoms with Gasteiger partial charge in [0.05, 0.1) is 13.2 Å². The zero-order valence-electron chi connectivity index (χ0n) is 15.5. The van der Waals surface area contributed by atoms with Crippen molar-refractivity contribution in [2.24, 2.45) is 0 Å². The molecule has 0 fully saturated rings. The Labute approximate surface area is 151 Å². The highest BCUT2D eigenvalue weighted by Gasteiger charge is 2.12. The lowest BCUT2D eigenvalue weighted by Crippen LogP contribution is -1.92. The largest absolute Gasteiger partial charge is 0.469 e. The molecule has 4 N–H and O–H groups in total. The van der Waals surface area contributed by atoms with Crippen LogP contribution < -0.4 is 0 Å². The van der Waals surface area contributed by atoms with Gasteiger partial charge in [-0.2, -0.15) is 0 Å². The zero-order chi connectivity index (χ0) is 19.6. The molecule has 0 aliphatic carbocycles. The van der Waals surface area contributed by atoms with Crippen molar-refractivity contribution >= 4 is 15.6 Å². The highest BCUT2D eigenvalue weighted by molar-refractivity contribution is 7.46. The predicted octanol–water partition coefficient (Wildman–Crippen LogP) is 4.52. The van der Waals surface area contributed by atoms with Crippen LogP contribution in [0.5, 0.6) is 0 Å². The van der Waals surface area contributed by atoms with E-state index in [0.717, 1.165) is 38.5 Å². The van der Waals surface area contributed by atoms with Crippen molar-refractivity contribution in [1.29, 1.82) is 0 Å². The van der Waals surface area contributed by atoms with Gasteiger partial charge in [0.15, 0.2) is 0 Å². The van der Waals surface area contributed by atoms with Crippen molar-refractivity contribution in [1.82, 2.24) is 0 Å². The highest BCUT2D eigenvalue weighted by Crippen LogP contribution is 2.36. The average Bonchev–Trinajstić information content (AvgIpc) is 2.48. The molecule has 0 unspecified atom stereocenters. The summed E-state index contributed by atoms with van der Waals surface area (Å²) in [6.07, 6.45) is 11.6. The van der Waals surface area contributed by atoms with Crippen LogP contribution in [-0.4, -0.2) is 32.8 Å². The molecule has 0 atom stereocenters. The van der Waals surface area contributed by atoms with Crippen LogP contribution in [0, 0.1) is 0 Å². The monoisotopic (exact) mass is 406 g/mol. The Morgan fingerprint density at radius 2 is 0.840 bits per heavy atom. The van der Waals surface area contributed by atoms with Gasteiger partial charge in [-0.3, -0.25) is 9.05 Å². The Hall–Kier alpha value is 0.220. The van der Waals surface area contributed by atoms with Gasteiger partial charge < -0.3 is 19.6 Å². The van der Waals surface area contributed by atoms with Gasteiger partial charge in [0, 0.05) is 0 Å². The summed E-state index contributed by atoms with van der Waals surface area (Å²) >= 11 is 0. The van der Waals surface area contributed by atoms with Gasteiger partial charge >= 0.3 is 15.6 Å². The predicted molar refractivity (Wildman–Crippen MR) is 98.1 cm³/mol. The van der Waals surface area contributed by atoms with Gasteiger partial charge in [0.25, 0.3) is 0 Å². The van der Waals surface area contributed by atoms with Crippen molar-refractivity contribution in [2.75, 3.05) is 13.2 Å². The lowest BCUT2D eigenvalue weighted by Gasteiger charge is -2.04. The first-order valence-corrected chi connectivity index (χ1v) is 12.1. The van der Waals surface area contributed by atoms with Crippen LogP contribution in [0.2, 0.25) is 0 Å². The van der Waals surface area contributed by atoms with Crippen molar-refractivity contribution in [3.8, 4) is 0 Å². The lowest BCUT2D eigenvalue weighted by atomic mass is 10.1. The maximum atomic E-state index is 10.2. The fourth-order valence-corrected chi connectivity index (χ4v) is 2.69. The van der Waals surface area contributed by atoms with E-state index < -0.39 is 15.6 Å². The van der Waals surface area contributed by atoms with Crippen LogP contribution in [0.3, 0.4) is 0 Å². The molecule has 0 aliphatic rings. The molecular formula is C15H36O8P2. The van der Waals surface area contributed by atoms with E-state index in [9.17, 15) is 9.13 Å². The Kier molecular flexibility index (Phi) is 19.3. The fourth-order valence-electron chi connectivity index (χ4n) is 1.95. The molecule has 0 bridgehead atoms. The smallest absolute Gasteiger partial charge is 0.303 e. The second-order valence-electron chi connectivity index (χ2n) is 5.83. The quantitative estimate of drug-likeness (QED) is 0.230. The molecule has 0 aliphatic heterocycles. The SMILES string of the molecule is CCCCCCCCOP(=O)(O)O.CCCCCCCOP(=O)(O)O. The Morgan fingerprint density at radius 3 is 1.12 bits per heavy atom. The van der Waals surface area contributed by atoms with Crippen LogP contribution in [0.4, 0.5) is 0 Å². The molecular weight excluding hydrogens is 370 g/mol. The molecule has 0 aromatic heterocycles. The highest BCUT2D eigenvalue weighted by atomic mass is 31.2. The normalized spacial score (nSPS) is 11.9. The first-order valence-electron chi connectivity index (χ1n) is 9.02. The maximum absolute atomic E-state index is 10.2. The minimum absolute atomic E-state index is 0.161. The maximum Gasteiger partial charge on any atom is 0.469 e. The Morgan fingerprint density at radius 1 is 0.560 bits per heavy atom. The fraction of sp³-hybridized carbons (Fsp3) is 1.00. The van der Waals surface area contributed by atoms with E-state index in [1.54, 1.807) is 0 Å². The Bertz CT molecular complexity index is 367. The summed E-state index contributed by atoms with van der Waals surface area (Å²) in [6, 6.07) is 0. The molecule has 0 saturated carbocycles. The summed E-state index contributed by atoms with van der Waals surface area (Å²) in [4.78, 5) is 33.3. The number of hydrogen-bond donors (Lipinski definition) is 4. The molecule has 154 valence electrons. The molecule has 0 aromatic carbocycles. The van der Waals surface area contributed by atoms with Crippen LogP contribution >= 0.6 is 15.6 Å². The van der Waals surface area contributed by atoms with E-state index in [2.05, 4.69) is 22.9 Å². The third kappa shape index (κ3) is 32.4. The topological polar surface area (TPSA) is 134 Å². The molecule has 25 heavy (non-hydrogen) atoms. The number of phosphoric ester groups is 2. The molecule has 10 heteroatoms. The van der Waals surface area contributed by atoms with E-state index in [0.29, 0.717) is 0 Å². The molecule has 0 saturated heterocycles. The van der Waals surface area contributed by atoms with Gasteiger partial charge in [-0.15, -0.1) is 0 Å².